The number of hydrogen-bond acceptors (Lipinski definition) is 3. The van der Waals surface area contributed by atoms with Crippen LogP contribution in [-0.2, 0) is 11.2 Å². The number of hydrogen-bond donors (Lipinski definition) is 1. The largest absolute Gasteiger partial charge is 0.341 e. The second-order valence-electron chi connectivity index (χ2n) is 4.35. The van der Waals surface area contributed by atoms with Gasteiger partial charge in [0.15, 0.2) is 0 Å². The van der Waals surface area contributed by atoms with Crippen LogP contribution in [0.5, 0.6) is 0 Å². The SMILES string of the molecule is CNC1CCCN(C(=O)Cc2ccc(Br)s2)C1.Cl. The minimum atomic E-state index is 0. The third-order valence-corrected chi connectivity index (χ3v) is 4.76. The van der Waals surface area contributed by atoms with Crippen molar-refractivity contribution in [3.8, 4) is 0 Å². The molecule has 1 atom stereocenters. The van der Waals surface area contributed by atoms with Gasteiger partial charge in [-0.25, -0.2) is 0 Å². The fourth-order valence-electron chi connectivity index (χ4n) is 2.15. The highest BCUT2D eigenvalue weighted by Crippen LogP contribution is 2.23. The topological polar surface area (TPSA) is 32.3 Å². The Hall–Kier alpha value is -0.100. The normalized spacial score (nSPS) is 19.4. The van der Waals surface area contributed by atoms with Gasteiger partial charge in [0, 0.05) is 24.0 Å². The molecule has 0 aliphatic carbocycles. The van der Waals surface area contributed by atoms with E-state index in [9.17, 15) is 4.79 Å². The van der Waals surface area contributed by atoms with E-state index in [0.717, 1.165) is 28.2 Å². The van der Waals surface area contributed by atoms with Gasteiger partial charge >= 0.3 is 0 Å². The van der Waals surface area contributed by atoms with Crippen molar-refractivity contribution < 1.29 is 4.79 Å². The van der Waals surface area contributed by atoms with Crippen molar-refractivity contribution >= 4 is 45.6 Å². The predicted octanol–water partition coefficient (Wildman–Crippen LogP) is 2.69. The van der Waals surface area contributed by atoms with Crippen LogP contribution in [0.2, 0.25) is 0 Å². The first-order valence-electron chi connectivity index (χ1n) is 5.88. The number of nitrogens with zero attached hydrogens (tertiary/aromatic N) is 1. The molecule has 0 saturated carbocycles. The monoisotopic (exact) mass is 352 g/mol. The van der Waals surface area contributed by atoms with E-state index in [-0.39, 0.29) is 18.3 Å². The van der Waals surface area contributed by atoms with Crippen LogP contribution >= 0.6 is 39.7 Å². The maximum atomic E-state index is 12.1. The summed E-state index contributed by atoms with van der Waals surface area (Å²) in [7, 11) is 1.97. The lowest BCUT2D eigenvalue weighted by molar-refractivity contribution is -0.131. The molecule has 1 aromatic heterocycles. The summed E-state index contributed by atoms with van der Waals surface area (Å²) in [4.78, 5) is 15.2. The van der Waals surface area contributed by atoms with E-state index in [2.05, 4.69) is 21.2 Å². The number of nitrogens with one attached hydrogen (secondary N) is 1. The fourth-order valence-corrected chi connectivity index (χ4v) is 3.62. The average molecular weight is 354 g/mol. The minimum absolute atomic E-state index is 0. The number of likely N-dealkylation sites (tertiary alicyclic amines) is 1. The molecule has 102 valence electrons. The second-order valence-corrected chi connectivity index (χ2v) is 6.90. The summed E-state index contributed by atoms with van der Waals surface area (Å²) in [6.07, 6.45) is 2.81. The molecule has 1 amide bonds. The van der Waals surface area contributed by atoms with Gasteiger partial charge in [0.05, 0.1) is 10.2 Å². The molecule has 1 saturated heterocycles. The van der Waals surface area contributed by atoms with Crippen LogP contribution in [0, 0.1) is 0 Å². The van der Waals surface area contributed by atoms with Crippen LogP contribution in [0.3, 0.4) is 0 Å². The van der Waals surface area contributed by atoms with E-state index in [4.69, 9.17) is 0 Å². The Bertz CT molecular complexity index is 399. The maximum absolute atomic E-state index is 12.1. The van der Waals surface area contributed by atoms with Gasteiger partial charge in [-0.1, -0.05) is 0 Å². The Kier molecular flexibility index (Phi) is 6.63. The van der Waals surface area contributed by atoms with Crippen molar-refractivity contribution in [1.29, 1.82) is 0 Å². The molecule has 0 radical (unpaired) electrons. The van der Waals surface area contributed by atoms with Gasteiger partial charge in [-0.2, -0.15) is 0 Å². The van der Waals surface area contributed by atoms with Crippen LogP contribution in [0.25, 0.3) is 0 Å². The number of carbonyl (C=O) groups is 1. The zero-order valence-electron chi connectivity index (χ0n) is 10.3. The zero-order valence-corrected chi connectivity index (χ0v) is 13.5. The van der Waals surface area contributed by atoms with Gasteiger partial charge in [0.25, 0.3) is 0 Å². The first-order chi connectivity index (χ1) is 8.19. The summed E-state index contributed by atoms with van der Waals surface area (Å²) in [5.41, 5.74) is 0. The Morgan fingerprint density at radius 3 is 3.00 bits per heavy atom. The Labute approximate surface area is 126 Å². The number of carbonyl (C=O) groups excluding carboxylic acids is 1. The average Bonchev–Trinajstić information content (AvgIpc) is 2.75. The molecular formula is C12H18BrClN2OS. The Morgan fingerprint density at radius 1 is 1.61 bits per heavy atom. The van der Waals surface area contributed by atoms with E-state index in [1.807, 2.05) is 24.1 Å². The van der Waals surface area contributed by atoms with E-state index < -0.39 is 0 Å². The standard InChI is InChI=1S/C12H17BrN2OS.ClH/c1-14-9-3-2-6-15(8-9)12(16)7-10-4-5-11(13)17-10;/h4-5,9,14H,2-3,6-8H2,1H3;1H. The van der Waals surface area contributed by atoms with Crippen molar-refractivity contribution in [1.82, 2.24) is 10.2 Å². The van der Waals surface area contributed by atoms with Gasteiger partial charge in [-0.15, -0.1) is 23.7 Å². The highest BCUT2D eigenvalue weighted by atomic mass is 79.9. The molecular weight excluding hydrogens is 336 g/mol. The number of piperidine rings is 1. The molecule has 1 aliphatic heterocycles. The van der Waals surface area contributed by atoms with Crippen molar-refractivity contribution in [2.24, 2.45) is 0 Å². The summed E-state index contributed by atoms with van der Waals surface area (Å²) < 4.78 is 1.09. The number of thiophene rings is 1. The smallest absolute Gasteiger partial charge is 0.227 e. The molecule has 3 nitrogen and oxygen atoms in total. The van der Waals surface area contributed by atoms with Crippen molar-refractivity contribution in [2.45, 2.75) is 25.3 Å². The zero-order chi connectivity index (χ0) is 12.3. The van der Waals surface area contributed by atoms with Crippen LogP contribution in [0.4, 0.5) is 0 Å². The minimum Gasteiger partial charge on any atom is -0.341 e. The molecule has 0 bridgehead atoms. The van der Waals surface area contributed by atoms with E-state index in [1.54, 1.807) is 11.3 Å². The summed E-state index contributed by atoms with van der Waals surface area (Å²) in [5.74, 6) is 0.249. The van der Waals surface area contributed by atoms with Gasteiger partial charge in [0.1, 0.15) is 0 Å². The molecule has 18 heavy (non-hydrogen) atoms. The van der Waals surface area contributed by atoms with Gasteiger partial charge in [0.2, 0.25) is 5.91 Å². The molecule has 1 unspecified atom stereocenters. The molecule has 1 aliphatic rings. The number of halogens is 2. The molecule has 6 heteroatoms. The highest BCUT2D eigenvalue weighted by molar-refractivity contribution is 9.11. The fraction of sp³-hybridized carbons (Fsp3) is 0.583. The quantitative estimate of drug-likeness (QED) is 0.906. The van der Waals surface area contributed by atoms with Crippen molar-refractivity contribution in [3.63, 3.8) is 0 Å². The van der Waals surface area contributed by atoms with E-state index in [0.29, 0.717) is 12.5 Å². The number of likely N-dealkylation sites (N-methyl/N-ethyl adjacent to an activating group) is 1. The molecule has 1 N–H and O–H groups in total. The third-order valence-electron chi connectivity index (χ3n) is 3.14. The van der Waals surface area contributed by atoms with E-state index >= 15 is 0 Å². The molecule has 2 heterocycles. The summed E-state index contributed by atoms with van der Waals surface area (Å²) in [5, 5.41) is 3.26. The third kappa shape index (κ3) is 4.23. The Balaban J connectivity index is 0.00000162. The lowest BCUT2D eigenvalue weighted by atomic mass is 10.1. The van der Waals surface area contributed by atoms with Crippen LogP contribution < -0.4 is 5.32 Å². The molecule has 0 aromatic carbocycles. The van der Waals surface area contributed by atoms with Gasteiger partial charge in [-0.05, 0) is 48.0 Å². The lowest BCUT2D eigenvalue weighted by Crippen LogP contribution is -2.47. The summed E-state index contributed by atoms with van der Waals surface area (Å²) in [6.45, 7) is 1.76. The van der Waals surface area contributed by atoms with Crippen molar-refractivity contribution in [2.75, 3.05) is 20.1 Å². The molecule has 2 rings (SSSR count). The predicted molar refractivity (Wildman–Crippen MR) is 81.6 cm³/mol. The van der Waals surface area contributed by atoms with Crippen molar-refractivity contribution in [3.05, 3.63) is 20.8 Å². The number of rotatable bonds is 3. The number of amides is 1. The van der Waals surface area contributed by atoms with Crippen LogP contribution in [-0.4, -0.2) is 37.0 Å². The van der Waals surface area contributed by atoms with Crippen LogP contribution in [0.15, 0.2) is 15.9 Å². The first-order valence-corrected chi connectivity index (χ1v) is 7.49. The summed E-state index contributed by atoms with van der Waals surface area (Å²) in [6, 6.07) is 4.48. The van der Waals surface area contributed by atoms with Gasteiger partial charge in [-0.3, -0.25) is 4.79 Å². The highest BCUT2D eigenvalue weighted by Gasteiger charge is 2.22. The summed E-state index contributed by atoms with van der Waals surface area (Å²) >= 11 is 5.06. The Morgan fingerprint density at radius 2 is 2.39 bits per heavy atom. The van der Waals surface area contributed by atoms with Crippen LogP contribution in [0.1, 0.15) is 17.7 Å². The molecule has 0 spiro atoms. The van der Waals surface area contributed by atoms with E-state index in [1.165, 1.54) is 6.42 Å². The lowest BCUT2D eigenvalue weighted by Gasteiger charge is -2.32. The first kappa shape index (κ1) is 16.0. The molecule has 1 aromatic rings. The molecule has 1 fully saturated rings. The maximum Gasteiger partial charge on any atom is 0.227 e. The van der Waals surface area contributed by atoms with Gasteiger partial charge < -0.3 is 10.2 Å². The second kappa shape index (κ2) is 7.48.